The number of amides is 2. The number of nitrogens with zero attached hydrogens (tertiary/aromatic N) is 1. The molecule has 0 spiro atoms. The van der Waals surface area contributed by atoms with Crippen LogP contribution in [0.2, 0.25) is 0 Å². The van der Waals surface area contributed by atoms with Gasteiger partial charge in [0.2, 0.25) is 0 Å². The second-order valence-corrected chi connectivity index (χ2v) is 7.34. The number of carbonyl (C=O) groups excluding carboxylic acids is 1. The summed E-state index contributed by atoms with van der Waals surface area (Å²) in [6.07, 6.45) is 5.06. The van der Waals surface area contributed by atoms with Crippen molar-refractivity contribution in [3.8, 4) is 5.75 Å². The van der Waals surface area contributed by atoms with Gasteiger partial charge in [-0.2, -0.15) is 11.3 Å². The lowest BCUT2D eigenvalue weighted by Gasteiger charge is -2.30. The number of methoxy groups -OCH3 is 1. The monoisotopic (exact) mass is 373 g/mol. The van der Waals surface area contributed by atoms with Crippen molar-refractivity contribution < 1.29 is 9.53 Å². The molecule has 2 N–H and O–H groups in total. The standard InChI is InChI=1S/C20H27N3O2S/c1-25-19-9-5-4-8-17(19)22-20(24)21-14-18(16-10-13-26-15-16)23-11-6-2-3-7-12-23/h4-5,8-10,13,15,18H,2-3,6-7,11-12,14H2,1H3,(H2,21,22,24)/t18-/m0/s1. The van der Waals surface area contributed by atoms with Crippen molar-refractivity contribution in [3.05, 3.63) is 46.7 Å². The Labute approximate surface area is 159 Å². The van der Waals surface area contributed by atoms with E-state index in [1.54, 1.807) is 18.4 Å². The molecule has 0 unspecified atom stereocenters. The van der Waals surface area contributed by atoms with Crippen molar-refractivity contribution in [2.24, 2.45) is 0 Å². The second kappa shape index (κ2) is 9.59. The highest BCUT2D eigenvalue weighted by atomic mass is 32.1. The van der Waals surface area contributed by atoms with E-state index in [-0.39, 0.29) is 12.1 Å². The highest BCUT2D eigenvalue weighted by Crippen LogP contribution is 2.26. The molecule has 2 amide bonds. The first-order chi connectivity index (χ1) is 12.8. The summed E-state index contributed by atoms with van der Waals surface area (Å²) in [5.41, 5.74) is 1.96. The smallest absolute Gasteiger partial charge is 0.319 e. The Bertz CT molecular complexity index is 682. The summed E-state index contributed by atoms with van der Waals surface area (Å²) in [4.78, 5) is 14.9. The largest absolute Gasteiger partial charge is 0.495 e. The quantitative estimate of drug-likeness (QED) is 0.784. The number of urea groups is 1. The van der Waals surface area contributed by atoms with Gasteiger partial charge >= 0.3 is 6.03 Å². The van der Waals surface area contributed by atoms with Crippen molar-refractivity contribution in [1.82, 2.24) is 10.2 Å². The van der Waals surface area contributed by atoms with Gasteiger partial charge in [-0.25, -0.2) is 4.79 Å². The van der Waals surface area contributed by atoms with Crippen LogP contribution in [0.25, 0.3) is 0 Å². The average Bonchev–Trinajstić information content (AvgIpc) is 3.05. The molecule has 2 heterocycles. The Kier molecular flexibility index (Phi) is 6.91. The summed E-state index contributed by atoms with van der Waals surface area (Å²) in [7, 11) is 1.60. The van der Waals surface area contributed by atoms with Crippen LogP contribution < -0.4 is 15.4 Å². The molecule has 6 heteroatoms. The molecule has 0 saturated carbocycles. The Morgan fingerprint density at radius 3 is 2.65 bits per heavy atom. The fourth-order valence-corrected chi connectivity index (χ4v) is 4.14. The highest BCUT2D eigenvalue weighted by Gasteiger charge is 2.22. The number of likely N-dealkylation sites (tertiary alicyclic amines) is 1. The minimum absolute atomic E-state index is 0.204. The molecule has 0 bridgehead atoms. The maximum absolute atomic E-state index is 12.4. The molecule has 1 aromatic carbocycles. The number of rotatable bonds is 6. The maximum Gasteiger partial charge on any atom is 0.319 e. The van der Waals surface area contributed by atoms with Crippen molar-refractivity contribution in [2.45, 2.75) is 31.7 Å². The molecule has 1 atom stereocenters. The number of ether oxygens (including phenoxy) is 1. The number of para-hydroxylation sites is 2. The number of benzene rings is 1. The first-order valence-electron chi connectivity index (χ1n) is 9.22. The van der Waals surface area contributed by atoms with Gasteiger partial charge in [-0.3, -0.25) is 4.90 Å². The number of anilines is 1. The predicted molar refractivity (Wildman–Crippen MR) is 107 cm³/mol. The summed E-state index contributed by atoms with van der Waals surface area (Å²) in [5, 5.41) is 10.2. The molecule has 1 aliphatic rings. The van der Waals surface area contributed by atoms with Gasteiger partial charge in [0.05, 0.1) is 18.8 Å². The summed E-state index contributed by atoms with van der Waals surface area (Å²) >= 11 is 1.71. The topological polar surface area (TPSA) is 53.6 Å². The molecule has 0 radical (unpaired) electrons. The number of hydrogen-bond donors (Lipinski definition) is 2. The van der Waals surface area contributed by atoms with Crippen LogP contribution in [0, 0.1) is 0 Å². The van der Waals surface area contributed by atoms with Crippen LogP contribution in [-0.4, -0.2) is 37.7 Å². The van der Waals surface area contributed by atoms with E-state index in [0.717, 1.165) is 13.1 Å². The Morgan fingerprint density at radius 2 is 1.96 bits per heavy atom. The van der Waals surface area contributed by atoms with Crippen molar-refractivity contribution >= 4 is 23.1 Å². The summed E-state index contributed by atoms with van der Waals surface area (Å²) in [6, 6.07) is 9.62. The zero-order chi connectivity index (χ0) is 18.2. The van der Waals surface area contributed by atoms with Crippen molar-refractivity contribution in [2.75, 3.05) is 32.1 Å². The molecule has 1 aliphatic heterocycles. The summed E-state index contributed by atoms with van der Waals surface area (Å²) in [5.74, 6) is 0.657. The van der Waals surface area contributed by atoms with Gasteiger partial charge in [0.15, 0.2) is 0 Å². The molecular formula is C20H27N3O2S. The normalized spacial score (nSPS) is 16.5. The molecule has 1 saturated heterocycles. The van der Waals surface area contributed by atoms with E-state index < -0.39 is 0 Å². The lowest BCUT2D eigenvalue weighted by molar-refractivity contribution is 0.199. The number of thiophene rings is 1. The molecule has 1 aromatic heterocycles. The molecule has 140 valence electrons. The molecule has 1 fully saturated rings. The zero-order valence-electron chi connectivity index (χ0n) is 15.2. The average molecular weight is 374 g/mol. The lowest BCUT2D eigenvalue weighted by Crippen LogP contribution is -2.40. The summed E-state index contributed by atoms with van der Waals surface area (Å²) in [6.45, 7) is 2.78. The SMILES string of the molecule is COc1ccccc1NC(=O)NC[C@@H](c1ccsc1)N1CCCCCC1. The van der Waals surface area contributed by atoms with Gasteiger partial charge in [-0.15, -0.1) is 0 Å². The van der Waals surface area contributed by atoms with Gasteiger partial charge in [0.1, 0.15) is 5.75 Å². The van der Waals surface area contributed by atoms with E-state index in [1.807, 2.05) is 24.3 Å². The van der Waals surface area contributed by atoms with Gasteiger partial charge in [0, 0.05) is 6.54 Å². The molecule has 26 heavy (non-hydrogen) atoms. The first kappa shape index (κ1) is 18.7. The van der Waals surface area contributed by atoms with Crippen molar-refractivity contribution in [1.29, 1.82) is 0 Å². The number of nitrogens with one attached hydrogen (secondary N) is 2. The number of hydrogen-bond acceptors (Lipinski definition) is 4. The van der Waals surface area contributed by atoms with Crippen molar-refractivity contribution in [3.63, 3.8) is 0 Å². The Morgan fingerprint density at radius 1 is 1.19 bits per heavy atom. The minimum Gasteiger partial charge on any atom is -0.495 e. The lowest BCUT2D eigenvalue weighted by atomic mass is 10.1. The van der Waals surface area contributed by atoms with Gasteiger partial charge in [0.25, 0.3) is 0 Å². The predicted octanol–water partition coefficient (Wildman–Crippen LogP) is 4.50. The maximum atomic E-state index is 12.4. The van der Waals surface area contributed by atoms with Crippen LogP contribution in [0.15, 0.2) is 41.1 Å². The second-order valence-electron chi connectivity index (χ2n) is 6.56. The van der Waals surface area contributed by atoms with Crippen LogP contribution in [0.1, 0.15) is 37.3 Å². The third-order valence-electron chi connectivity index (χ3n) is 4.82. The highest BCUT2D eigenvalue weighted by molar-refractivity contribution is 7.07. The van der Waals surface area contributed by atoms with E-state index in [2.05, 4.69) is 32.4 Å². The van der Waals surface area contributed by atoms with Crippen LogP contribution in [0.5, 0.6) is 5.75 Å². The molecular weight excluding hydrogens is 346 g/mol. The van der Waals surface area contributed by atoms with Crippen LogP contribution >= 0.6 is 11.3 Å². The van der Waals surface area contributed by atoms with Crippen LogP contribution in [0.3, 0.4) is 0 Å². The molecule has 2 aromatic rings. The third-order valence-corrected chi connectivity index (χ3v) is 5.52. The third kappa shape index (κ3) is 4.99. The summed E-state index contributed by atoms with van der Waals surface area (Å²) < 4.78 is 5.29. The Hall–Kier alpha value is -2.05. The fourth-order valence-electron chi connectivity index (χ4n) is 3.43. The van der Waals surface area contributed by atoms with Crippen LogP contribution in [-0.2, 0) is 0 Å². The molecule has 3 rings (SSSR count). The fraction of sp³-hybridized carbons (Fsp3) is 0.450. The van der Waals surface area contributed by atoms with E-state index in [9.17, 15) is 4.79 Å². The van der Waals surface area contributed by atoms with E-state index in [0.29, 0.717) is 18.0 Å². The van der Waals surface area contributed by atoms with E-state index in [1.165, 1.54) is 31.2 Å². The van der Waals surface area contributed by atoms with Gasteiger partial charge in [-0.05, 0) is 60.5 Å². The molecule has 5 nitrogen and oxygen atoms in total. The van der Waals surface area contributed by atoms with E-state index in [4.69, 9.17) is 4.74 Å². The van der Waals surface area contributed by atoms with Crippen LogP contribution in [0.4, 0.5) is 10.5 Å². The van der Waals surface area contributed by atoms with E-state index >= 15 is 0 Å². The van der Waals surface area contributed by atoms with Gasteiger partial charge in [-0.1, -0.05) is 25.0 Å². The minimum atomic E-state index is -0.204. The molecule has 0 aliphatic carbocycles. The zero-order valence-corrected chi connectivity index (χ0v) is 16.1. The first-order valence-corrected chi connectivity index (χ1v) is 10.2. The van der Waals surface area contributed by atoms with Gasteiger partial charge < -0.3 is 15.4 Å². The Balaban J connectivity index is 1.62. The number of carbonyl (C=O) groups is 1.